The summed E-state index contributed by atoms with van der Waals surface area (Å²) in [5.74, 6) is 1.27. The van der Waals surface area contributed by atoms with Crippen LogP contribution in [-0.4, -0.2) is 16.5 Å². The lowest BCUT2D eigenvalue weighted by molar-refractivity contribution is 0.704. The predicted octanol–water partition coefficient (Wildman–Crippen LogP) is 3.09. The van der Waals surface area contributed by atoms with Gasteiger partial charge in [0.25, 0.3) is 0 Å². The maximum absolute atomic E-state index is 5.84. The molecule has 0 saturated heterocycles. The van der Waals surface area contributed by atoms with E-state index in [1.807, 2.05) is 13.1 Å². The van der Waals surface area contributed by atoms with Crippen LogP contribution in [0.3, 0.4) is 0 Å². The van der Waals surface area contributed by atoms with Gasteiger partial charge in [0.05, 0.1) is 5.88 Å². The van der Waals surface area contributed by atoms with Gasteiger partial charge in [0.1, 0.15) is 0 Å². The number of fused-ring (bicyclic) bond motifs is 1. The van der Waals surface area contributed by atoms with Crippen LogP contribution in [0.1, 0.15) is 22.4 Å². The highest BCUT2D eigenvalue weighted by atomic mass is 35.5. The van der Waals surface area contributed by atoms with Crippen molar-refractivity contribution in [3.63, 3.8) is 0 Å². The summed E-state index contributed by atoms with van der Waals surface area (Å²) in [6, 6.07) is 8.58. The van der Waals surface area contributed by atoms with Crippen LogP contribution in [0.25, 0.3) is 0 Å². The van der Waals surface area contributed by atoms with Crippen LogP contribution in [0.15, 0.2) is 30.5 Å². The Bertz CT molecular complexity index is 598. The molecule has 1 aromatic heterocycles. The van der Waals surface area contributed by atoms with Gasteiger partial charge in [-0.2, -0.15) is 0 Å². The second-order valence-electron chi connectivity index (χ2n) is 4.85. The fourth-order valence-electron chi connectivity index (χ4n) is 2.43. The summed E-state index contributed by atoms with van der Waals surface area (Å²) in [5, 5.41) is 0. The van der Waals surface area contributed by atoms with E-state index < -0.39 is 0 Å². The van der Waals surface area contributed by atoms with Crippen LogP contribution >= 0.6 is 11.6 Å². The molecule has 0 amide bonds. The molecule has 3 nitrogen and oxygen atoms in total. The molecule has 0 spiro atoms. The van der Waals surface area contributed by atoms with E-state index in [2.05, 4.69) is 39.1 Å². The van der Waals surface area contributed by atoms with E-state index in [1.165, 1.54) is 11.1 Å². The molecule has 2 aromatic rings. The van der Waals surface area contributed by atoms with Crippen molar-refractivity contribution in [1.82, 2.24) is 9.97 Å². The van der Waals surface area contributed by atoms with Crippen molar-refractivity contribution in [2.75, 3.05) is 11.4 Å². The Morgan fingerprint density at radius 2 is 2.05 bits per heavy atom. The Labute approximate surface area is 118 Å². The quantitative estimate of drug-likeness (QED) is 0.788. The lowest BCUT2D eigenvalue weighted by Crippen LogP contribution is -2.31. The van der Waals surface area contributed by atoms with E-state index >= 15 is 0 Å². The Balaban J connectivity index is 1.87. The monoisotopic (exact) mass is 273 g/mol. The Morgan fingerprint density at radius 1 is 1.26 bits per heavy atom. The fourth-order valence-corrected chi connectivity index (χ4v) is 2.69. The van der Waals surface area contributed by atoms with Crippen molar-refractivity contribution in [2.24, 2.45) is 0 Å². The third-order valence-corrected chi connectivity index (χ3v) is 3.91. The number of nitrogens with zero attached hydrogens (tertiary/aromatic N) is 3. The van der Waals surface area contributed by atoms with E-state index in [0.717, 1.165) is 36.7 Å². The average molecular weight is 274 g/mol. The molecule has 4 heteroatoms. The van der Waals surface area contributed by atoms with E-state index in [1.54, 1.807) is 0 Å². The highest BCUT2D eigenvalue weighted by Crippen LogP contribution is 2.22. The van der Waals surface area contributed by atoms with Crippen molar-refractivity contribution >= 4 is 17.5 Å². The number of alkyl halides is 1. The van der Waals surface area contributed by atoms with Gasteiger partial charge in [0, 0.05) is 30.5 Å². The van der Waals surface area contributed by atoms with Crippen molar-refractivity contribution in [2.45, 2.75) is 25.8 Å². The molecule has 1 aliphatic rings. The highest BCUT2D eigenvalue weighted by Gasteiger charge is 2.18. The molecule has 0 N–H and O–H groups in total. The molecule has 19 heavy (non-hydrogen) atoms. The maximum atomic E-state index is 5.84. The van der Waals surface area contributed by atoms with Crippen molar-refractivity contribution < 1.29 is 0 Å². The average Bonchev–Trinajstić information content (AvgIpc) is 2.46. The van der Waals surface area contributed by atoms with E-state index in [0.29, 0.717) is 5.88 Å². The first kappa shape index (κ1) is 12.4. The molecule has 3 rings (SSSR count). The number of aryl methyl sites for hydroxylation is 1. The molecule has 0 unspecified atom stereocenters. The van der Waals surface area contributed by atoms with Crippen LogP contribution in [-0.2, 0) is 18.8 Å². The SMILES string of the molecule is Cc1nc(N2CCc3ccccc3C2)ncc1CCl. The minimum atomic E-state index is 0.467. The van der Waals surface area contributed by atoms with Gasteiger partial charge in [0.2, 0.25) is 5.95 Å². The fraction of sp³-hybridized carbons (Fsp3) is 0.333. The number of rotatable bonds is 2. The van der Waals surface area contributed by atoms with Crippen molar-refractivity contribution in [1.29, 1.82) is 0 Å². The zero-order valence-electron chi connectivity index (χ0n) is 10.9. The van der Waals surface area contributed by atoms with E-state index in [4.69, 9.17) is 11.6 Å². The molecular weight excluding hydrogens is 258 g/mol. The van der Waals surface area contributed by atoms with Crippen LogP contribution in [0.4, 0.5) is 5.95 Å². The predicted molar refractivity (Wildman–Crippen MR) is 77.5 cm³/mol. The minimum absolute atomic E-state index is 0.467. The summed E-state index contributed by atoms with van der Waals surface area (Å²) in [6.45, 7) is 3.84. The number of halogens is 1. The van der Waals surface area contributed by atoms with Gasteiger partial charge in [-0.05, 0) is 24.5 Å². The summed E-state index contributed by atoms with van der Waals surface area (Å²) in [6.07, 6.45) is 2.89. The van der Waals surface area contributed by atoms with Crippen LogP contribution in [0, 0.1) is 6.92 Å². The van der Waals surface area contributed by atoms with Crippen LogP contribution in [0.2, 0.25) is 0 Å². The number of hydrogen-bond acceptors (Lipinski definition) is 3. The second kappa shape index (κ2) is 5.17. The molecule has 1 aliphatic heterocycles. The van der Waals surface area contributed by atoms with Gasteiger partial charge < -0.3 is 4.90 Å². The number of hydrogen-bond donors (Lipinski definition) is 0. The molecule has 1 aromatic carbocycles. The Morgan fingerprint density at radius 3 is 2.79 bits per heavy atom. The van der Waals surface area contributed by atoms with Gasteiger partial charge >= 0.3 is 0 Å². The molecule has 0 saturated carbocycles. The third kappa shape index (κ3) is 2.43. The maximum Gasteiger partial charge on any atom is 0.225 e. The Hall–Kier alpha value is -1.61. The van der Waals surface area contributed by atoms with Gasteiger partial charge in [-0.1, -0.05) is 24.3 Å². The lowest BCUT2D eigenvalue weighted by Gasteiger charge is -2.29. The third-order valence-electron chi connectivity index (χ3n) is 3.63. The van der Waals surface area contributed by atoms with Crippen molar-refractivity contribution in [3.05, 3.63) is 52.8 Å². The van der Waals surface area contributed by atoms with E-state index in [-0.39, 0.29) is 0 Å². The second-order valence-corrected chi connectivity index (χ2v) is 5.12. The number of benzene rings is 1. The van der Waals surface area contributed by atoms with E-state index in [9.17, 15) is 0 Å². The molecule has 0 bridgehead atoms. The summed E-state index contributed by atoms with van der Waals surface area (Å²) in [5.41, 5.74) is 4.78. The molecular formula is C15H16ClN3. The number of anilines is 1. The summed E-state index contributed by atoms with van der Waals surface area (Å²) in [4.78, 5) is 11.2. The largest absolute Gasteiger partial charge is 0.336 e. The van der Waals surface area contributed by atoms with Crippen LogP contribution < -0.4 is 4.90 Å². The lowest BCUT2D eigenvalue weighted by atomic mass is 10.0. The topological polar surface area (TPSA) is 29.0 Å². The Kier molecular flexibility index (Phi) is 3.38. The normalized spacial score (nSPS) is 14.3. The first-order valence-corrected chi connectivity index (χ1v) is 7.01. The van der Waals surface area contributed by atoms with Gasteiger partial charge in [0.15, 0.2) is 0 Å². The molecule has 0 atom stereocenters. The summed E-state index contributed by atoms with van der Waals surface area (Å²) < 4.78 is 0. The molecule has 98 valence electrons. The standard InChI is InChI=1S/C15H16ClN3/c1-11-14(8-16)9-17-15(18-11)19-7-6-12-4-2-3-5-13(12)10-19/h2-5,9H,6-8,10H2,1H3. The van der Waals surface area contributed by atoms with Gasteiger partial charge in [-0.25, -0.2) is 9.97 Å². The smallest absolute Gasteiger partial charge is 0.225 e. The first-order valence-electron chi connectivity index (χ1n) is 6.48. The zero-order chi connectivity index (χ0) is 13.2. The molecule has 0 fully saturated rings. The molecule has 2 heterocycles. The minimum Gasteiger partial charge on any atom is -0.336 e. The molecule has 0 aliphatic carbocycles. The van der Waals surface area contributed by atoms with Gasteiger partial charge in [-0.3, -0.25) is 0 Å². The summed E-state index contributed by atoms with van der Waals surface area (Å²) in [7, 11) is 0. The molecule has 0 radical (unpaired) electrons. The summed E-state index contributed by atoms with van der Waals surface area (Å²) >= 11 is 5.84. The number of aromatic nitrogens is 2. The van der Waals surface area contributed by atoms with Gasteiger partial charge in [-0.15, -0.1) is 11.6 Å². The zero-order valence-corrected chi connectivity index (χ0v) is 11.7. The van der Waals surface area contributed by atoms with Crippen molar-refractivity contribution in [3.8, 4) is 0 Å². The highest BCUT2D eigenvalue weighted by molar-refractivity contribution is 6.17. The van der Waals surface area contributed by atoms with Crippen LogP contribution in [0.5, 0.6) is 0 Å². The first-order chi connectivity index (χ1) is 9.28.